The van der Waals surface area contributed by atoms with Gasteiger partial charge < -0.3 is 14.2 Å². The van der Waals surface area contributed by atoms with Crippen molar-refractivity contribution in [1.29, 1.82) is 0 Å². The highest BCUT2D eigenvalue weighted by molar-refractivity contribution is 14.1. The highest BCUT2D eigenvalue weighted by atomic mass is 127. The topological polar surface area (TPSA) is 44.8 Å². The lowest BCUT2D eigenvalue weighted by atomic mass is 10.2. The van der Waals surface area contributed by atoms with Gasteiger partial charge >= 0.3 is 5.97 Å². The van der Waals surface area contributed by atoms with Gasteiger partial charge in [-0.1, -0.05) is 24.8 Å². The van der Waals surface area contributed by atoms with Gasteiger partial charge in [0.15, 0.2) is 11.5 Å². The molecule has 4 nitrogen and oxygen atoms in total. The molecule has 2 aromatic rings. The number of carbonyl (C=O) groups excluding carboxylic acids is 1. The summed E-state index contributed by atoms with van der Waals surface area (Å²) >= 11 is 2.12. The van der Waals surface area contributed by atoms with E-state index < -0.39 is 5.97 Å². The van der Waals surface area contributed by atoms with Crippen LogP contribution < -0.4 is 9.47 Å². The van der Waals surface area contributed by atoms with Crippen molar-refractivity contribution in [3.8, 4) is 11.5 Å². The molecule has 0 N–H and O–H groups in total. The van der Waals surface area contributed by atoms with E-state index in [1.807, 2.05) is 6.07 Å². The minimum Gasteiger partial charge on any atom is -0.493 e. The van der Waals surface area contributed by atoms with Gasteiger partial charge in [0, 0.05) is 6.08 Å². The molecule has 0 spiro atoms. The van der Waals surface area contributed by atoms with E-state index >= 15 is 0 Å². The molecule has 0 aliphatic heterocycles. The average molecular weight is 468 g/mol. The van der Waals surface area contributed by atoms with Crippen molar-refractivity contribution in [3.63, 3.8) is 0 Å². The van der Waals surface area contributed by atoms with Crippen LogP contribution in [-0.4, -0.2) is 19.7 Å². The van der Waals surface area contributed by atoms with Crippen LogP contribution in [-0.2, 0) is 16.1 Å². The number of hydrogen-bond donors (Lipinski definition) is 0. The van der Waals surface area contributed by atoms with Crippen LogP contribution >= 0.6 is 22.6 Å². The summed E-state index contributed by atoms with van der Waals surface area (Å²) in [5.74, 6) is 0.318. The van der Waals surface area contributed by atoms with Crippen LogP contribution in [0.2, 0.25) is 0 Å². The number of methoxy groups -OCH3 is 1. The molecule has 0 aromatic heterocycles. The first-order chi connectivity index (χ1) is 12.5. The average Bonchev–Trinajstić information content (AvgIpc) is 2.63. The molecule has 6 heteroatoms. The van der Waals surface area contributed by atoms with Crippen molar-refractivity contribution in [2.45, 2.75) is 6.61 Å². The molecule has 0 saturated carbocycles. The van der Waals surface area contributed by atoms with E-state index in [0.29, 0.717) is 11.5 Å². The molecule has 2 aromatic carbocycles. The van der Waals surface area contributed by atoms with Gasteiger partial charge in [-0.05, 0) is 64.1 Å². The SMILES string of the molecule is C=CCOC(=O)/C=C/c1cc(I)c(OCc2cccc(F)c2)c(OC)c1. The molecule has 0 amide bonds. The van der Waals surface area contributed by atoms with Crippen LogP contribution in [0.25, 0.3) is 6.08 Å². The van der Waals surface area contributed by atoms with E-state index in [4.69, 9.17) is 14.2 Å². The molecule has 136 valence electrons. The Morgan fingerprint density at radius 1 is 1.31 bits per heavy atom. The van der Waals surface area contributed by atoms with Crippen molar-refractivity contribution in [2.75, 3.05) is 13.7 Å². The second-order valence-electron chi connectivity index (χ2n) is 5.20. The third-order valence-corrected chi connectivity index (χ3v) is 4.08. The predicted molar refractivity (Wildman–Crippen MR) is 107 cm³/mol. The number of rotatable bonds is 8. The van der Waals surface area contributed by atoms with Crippen LogP contribution in [0.4, 0.5) is 4.39 Å². The van der Waals surface area contributed by atoms with E-state index in [-0.39, 0.29) is 19.0 Å². The van der Waals surface area contributed by atoms with E-state index in [2.05, 4.69) is 29.2 Å². The van der Waals surface area contributed by atoms with Crippen molar-refractivity contribution in [3.05, 3.63) is 75.6 Å². The fourth-order valence-corrected chi connectivity index (χ4v) is 2.89. The Balaban J connectivity index is 2.14. The molecule has 0 atom stereocenters. The number of halogens is 2. The Morgan fingerprint density at radius 2 is 2.12 bits per heavy atom. The third-order valence-electron chi connectivity index (χ3n) is 3.28. The quantitative estimate of drug-likeness (QED) is 0.243. The van der Waals surface area contributed by atoms with Crippen molar-refractivity contribution >= 4 is 34.6 Å². The summed E-state index contributed by atoms with van der Waals surface area (Å²) in [6, 6.07) is 9.83. The monoisotopic (exact) mass is 468 g/mol. The maximum absolute atomic E-state index is 13.3. The molecule has 0 heterocycles. The van der Waals surface area contributed by atoms with E-state index in [1.54, 1.807) is 24.3 Å². The number of carbonyl (C=O) groups is 1. The number of benzene rings is 2. The van der Waals surface area contributed by atoms with Gasteiger partial charge in [0.2, 0.25) is 0 Å². The first-order valence-corrected chi connectivity index (χ1v) is 8.82. The first-order valence-electron chi connectivity index (χ1n) is 7.74. The largest absolute Gasteiger partial charge is 0.493 e. The van der Waals surface area contributed by atoms with Gasteiger partial charge in [0.25, 0.3) is 0 Å². The Hall–Kier alpha value is -2.35. The Morgan fingerprint density at radius 3 is 2.81 bits per heavy atom. The van der Waals surface area contributed by atoms with Gasteiger partial charge in [0.1, 0.15) is 19.0 Å². The number of ether oxygens (including phenoxy) is 3. The second-order valence-corrected chi connectivity index (χ2v) is 6.37. The van der Waals surface area contributed by atoms with Crippen LogP contribution in [0.15, 0.2) is 55.1 Å². The molecule has 0 aliphatic carbocycles. The fourth-order valence-electron chi connectivity index (χ4n) is 2.11. The summed E-state index contributed by atoms with van der Waals surface area (Å²) in [6.07, 6.45) is 4.47. The van der Waals surface area contributed by atoms with Gasteiger partial charge in [-0.3, -0.25) is 0 Å². The van der Waals surface area contributed by atoms with Gasteiger partial charge in [-0.15, -0.1) is 0 Å². The molecule has 0 fully saturated rings. The Kier molecular flexibility index (Phi) is 7.65. The summed E-state index contributed by atoms with van der Waals surface area (Å²) in [4.78, 5) is 11.5. The molecule has 0 saturated heterocycles. The summed E-state index contributed by atoms with van der Waals surface area (Å²) in [6.45, 7) is 3.86. The molecule has 26 heavy (non-hydrogen) atoms. The normalized spacial score (nSPS) is 10.6. The highest BCUT2D eigenvalue weighted by Crippen LogP contribution is 2.35. The zero-order valence-corrected chi connectivity index (χ0v) is 16.4. The number of esters is 1. The van der Waals surface area contributed by atoms with Crippen molar-refractivity contribution in [1.82, 2.24) is 0 Å². The zero-order valence-electron chi connectivity index (χ0n) is 14.2. The summed E-state index contributed by atoms with van der Waals surface area (Å²) < 4.78 is 30.1. The van der Waals surface area contributed by atoms with E-state index in [1.165, 1.54) is 31.4 Å². The van der Waals surface area contributed by atoms with Crippen LogP contribution in [0.5, 0.6) is 11.5 Å². The second kappa shape index (κ2) is 9.96. The van der Waals surface area contributed by atoms with Crippen LogP contribution in [0.3, 0.4) is 0 Å². The molecule has 0 unspecified atom stereocenters. The number of hydrogen-bond acceptors (Lipinski definition) is 4. The van der Waals surface area contributed by atoms with Crippen molar-refractivity contribution < 1.29 is 23.4 Å². The van der Waals surface area contributed by atoms with Gasteiger partial charge in [-0.25, -0.2) is 9.18 Å². The Labute approximate surface area is 165 Å². The smallest absolute Gasteiger partial charge is 0.331 e. The Bertz CT molecular complexity index is 817. The minimum absolute atomic E-state index is 0.164. The first kappa shape index (κ1) is 20.0. The maximum Gasteiger partial charge on any atom is 0.331 e. The summed E-state index contributed by atoms with van der Waals surface area (Å²) in [5.41, 5.74) is 1.48. The standard InChI is InChI=1S/C20H18FIO4/c1-3-9-25-19(23)8-7-14-11-17(22)20(18(12-14)24-2)26-13-15-5-4-6-16(21)10-15/h3-8,10-12H,1,9,13H2,2H3/b8-7+. The van der Waals surface area contributed by atoms with E-state index in [0.717, 1.165) is 14.7 Å². The van der Waals surface area contributed by atoms with Gasteiger partial charge in [0.05, 0.1) is 10.7 Å². The fraction of sp³-hybridized carbons (Fsp3) is 0.150. The lowest BCUT2D eigenvalue weighted by Gasteiger charge is -2.13. The molecular weight excluding hydrogens is 450 g/mol. The molecule has 2 rings (SSSR count). The zero-order chi connectivity index (χ0) is 18.9. The predicted octanol–water partition coefficient (Wildman–Crippen LogP) is 4.76. The molecular formula is C20H18FIO4. The lowest BCUT2D eigenvalue weighted by molar-refractivity contribution is -0.136. The minimum atomic E-state index is -0.453. The maximum atomic E-state index is 13.3. The summed E-state index contributed by atoms with van der Waals surface area (Å²) in [7, 11) is 1.53. The molecule has 0 bridgehead atoms. The molecule has 0 radical (unpaired) electrons. The van der Waals surface area contributed by atoms with Crippen LogP contribution in [0.1, 0.15) is 11.1 Å². The lowest BCUT2D eigenvalue weighted by Crippen LogP contribution is -2.01. The summed E-state index contributed by atoms with van der Waals surface area (Å²) in [5, 5.41) is 0. The third kappa shape index (κ3) is 5.87. The van der Waals surface area contributed by atoms with Crippen LogP contribution in [0, 0.1) is 9.39 Å². The highest BCUT2D eigenvalue weighted by Gasteiger charge is 2.11. The van der Waals surface area contributed by atoms with E-state index in [9.17, 15) is 9.18 Å². The molecule has 0 aliphatic rings. The van der Waals surface area contributed by atoms with Crippen molar-refractivity contribution in [2.24, 2.45) is 0 Å². The van der Waals surface area contributed by atoms with Gasteiger partial charge in [-0.2, -0.15) is 0 Å².